The molecule has 1 aliphatic rings. The summed E-state index contributed by atoms with van der Waals surface area (Å²) in [6, 6.07) is 2.95. The molecule has 0 atom stereocenters. The van der Waals surface area contributed by atoms with Crippen LogP contribution in [0.4, 0.5) is 5.69 Å². The van der Waals surface area contributed by atoms with Crippen LogP contribution in [0.2, 0.25) is 0 Å². The number of ether oxygens (including phenoxy) is 1. The quantitative estimate of drug-likeness (QED) is 0.592. The summed E-state index contributed by atoms with van der Waals surface area (Å²) in [7, 11) is -0.996. The molecule has 0 aliphatic carbocycles. The summed E-state index contributed by atoms with van der Waals surface area (Å²) in [6.07, 6.45) is 3.98. The predicted molar refractivity (Wildman–Crippen MR) is 110 cm³/mol. The summed E-state index contributed by atoms with van der Waals surface area (Å²) in [4.78, 5) is 37.6. The van der Waals surface area contributed by atoms with E-state index in [9.17, 15) is 18.6 Å². The van der Waals surface area contributed by atoms with Gasteiger partial charge >= 0.3 is 5.97 Å². The van der Waals surface area contributed by atoms with E-state index in [1.807, 2.05) is 0 Å². The van der Waals surface area contributed by atoms with Crippen molar-refractivity contribution in [1.82, 2.24) is 9.78 Å². The molecular weight excluding hydrogens is 394 g/mol. The van der Waals surface area contributed by atoms with Crippen molar-refractivity contribution in [2.75, 3.05) is 18.1 Å². The number of hydrogen-bond acceptors (Lipinski definition) is 6. The first-order chi connectivity index (χ1) is 13.8. The van der Waals surface area contributed by atoms with Gasteiger partial charge in [0.05, 0.1) is 27.6 Å². The molecule has 1 aromatic heterocycles. The molecule has 0 spiro atoms. The Hall–Kier alpha value is -2.68. The highest BCUT2D eigenvalue weighted by Gasteiger charge is 2.25. The summed E-state index contributed by atoms with van der Waals surface area (Å²) >= 11 is 0. The molecule has 3 rings (SSSR count). The number of aromatic nitrogens is 2. The second-order valence-electron chi connectivity index (χ2n) is 7.07. The Morgan fingerprint density at radius 3 is 2.41 bits per heavy atom. The summed E-state index contributed by atoms with van der Waals surface area (Å²) < 4.78 is 24.0. The Balaban J connectivity index is 2.19. The van der Waals surface area contributed by atoms with E-state index in [1.54, 1.807) is 13.8 Å². The van der Waals surface area contributed by atoms with E-state index in [4.69, 9.17) is 4.74 Å². The predicted octanol–water partition coefficient (Wildman–Crippen LogP) is 2.71. The third-order valence-corrected chi connectivity index (χ3v) is 7.41. The highest BCUT2D eigenvalue weighted by Crippen LogP contribution is 2.32. The number of benzene rings is 1. The summed E-state index contributed by atoms with van der Waals surface area (Å²) in [5.41, 5.74) is 0.599. The SMILES string of the molecule is CCOC(=O)c1ccc(C(=O)c2c[nH]n(C)c2=O)c(C)c1N=S1(=O)CCCCC1. The van der Waals surface area contributed by atoms with Crippen molar-refractivity contribution in [3.8, 4) is 0 Å². The van der Waals surface area contributed by atoms with Crippen LogP contribution >= 0.6 is 0 Å². The highest BCUT2D eigenvalue weighted by molar-refractivity contribution is 7.93. The molecule has 0 bridgehead atoms. The Kier molecular flexibility index (Phi) is 6.07. The number of carbonyl (C=O) groups is 2. The van der Waals surface area contributed by atoms with Crippen molar-refractivity contribution in [3.63, 3.8) is 0 Å². The van der Waals surface area contributed by atoms with Crippen LogP contribution in [0.3, 0.4) is 0 Å². The third kappa shape index (κ3) is 4.19. The van der Waals surface area contributed by atoms with Crippen molar-refractivity contribution in [2.45, 2.75) is 33.1 Å². The van der Waals surface area contributed by atoms with Gasteiger partial charge < -0.3 is 9.84 Å². The maximum Gasteiger partial charge on any atom is 0.340 e. The van der Waals surface area contributed by atoms with Crippen molar-refractivity contribution in [1.29, 1.82) is 0 Å². The Morgan fingerprint density at radius 1 is 1.17 bits per heavy atom. The van der Waals surface area contributed by atoms with E-state index in [0.29, 0.717) is 17.1 Å². The van der Waals surface area contributed by atoms with Gasteiger partial charge in [-0.25, -0.2) is 9.00 Å². The van der Waals surface area contributed by atoms with E-state index in [2.05, 4.69) is 9.46 Å². The summed E-state index contributed by atoms with van der Waals surface area (Å²) in [5.74, 6) is -0.129. The van der Waals surface area contributed by atoms with Crippen LogP contribution in [-0.2, 0) is 21.5 Å². The lowest BCUT2D eigenvalue weighted by atomic mass is 9.97. The molecule has 0 unspecified atom stereocenters. The van der Waals surface area contributed by atoms with E-state index >= 15 is 0 Å². The summed E-state index contributed by atoms with van der Waals surface area (Å²) in [5, 5.41) is 2.68. The molecule has 1 fully saturated rings. The minimum Gasteiger partial charge on any atom is -0.462 e. The molecule has 156 valence electrons. The average molecular weight is 420 g/mol. The van der Waals surface area contributed by atoms with Crippen LogP contribution in [0.5, 0.6) is 0 Å². The monoisotopic (exact) mass is 419 g/mol. The van der Waals surface area contributed by atoms with Gasteiger partial charge in [-0.3, -0.25) is 14.3 Å². The zero-order valence-corrected chi connectivity index (χ0v) is 17.6. The van der Waals surface area contributed by atoms with Gasteiger partial charge in [-0.2, -0.15) is 4.36 Å². The first-order valence-corrected chi connectivity index (χ1v) is 11.4. The molecule has 1 aromatic carbocycles. The van der Waals surface area contributed by atoms with Crippen LogP contribution < -0.4 is 5.56 Å². The lowest BCUT2D eigenvalue weighted by molar-refractivity contribution is 0.0527. The number of hydrogen-bond donors (Lipinski definition) is 1. The number of nitrogens with one attached hydrogen (secondary N) is 1. The smallest absolute Gasteiger partial charge is 0.340 e. The van der Waals surface area contributed by atoms with Gasteiger partial charge in [0.1, 0.15) is 5.56 Å². The van der Waals surface area contributed by atoms with Crippen LogP contribution in [0, 0.1) is 6.92 Å². The van der Waals surface area contributed by atoms with Crippen molar-refractivity contribution < 1.29 is 18.5 Å². The lowest BCUT2D eigenvalue weighted by Crippen LogP contribution is -2.20. The first-order valence-electron chi connectivity index (χ1n) is 9.59. The first kappa shape index (κ1) is 21.0. The zero-order valence-electron chi connectivity index (χ0n) is 16.8. The van der Waals surface area contributed by atoms with Gasteiger partial charge in [0.15, 0.2) is 0 Å². The van der Waals surface area contributed by atoms with Crippen molar-refractivity contribution in [2.24, 2.45) is 11.4 Å². The number of aromatic amines is 1. The van der Waals surface area contributed by atoms with Gasteiger partial charge in [-0.1, -0.05) is 6.42 Å². The van der Waals surface area contributed by atoms with Gasteiger partial charge in [0.25, 0.3) is 5.56 Å². The molecule has 2 aromatic rings. The number of carbonyl (C=O) groups excluding carboxylic acids is 2. The molecule has 0 amide bonds. The second-order valence-corrected chi connectivity index (χ2v) is 9.61. The van der Waals surface area contributed by atoms with E-state index in [-0.39, 0.29) is 29.0 Å². The third-order valence-electron chi connectivity index (χ3n) is 5.04. The fourth-order valence-corrected chi connectivity index (χ4v) is 5.66. The summed E-state index contributed by atoms with van der Waals surface area (Å²) in [6.45, 7) is 3.53. The number of esters is 1. The molecule has 0 radical (unpaired) electrons. The fraction of sp³-hybridized carbons (Fsp3) is 0.450. The second kappa shape index (κ2) is 8.36. The number of ketones is 1. The molecule has 29 heavy (non-hydrogen) atoms. The van der Waals surface area contributed by atoms with Crippen LogP contribution in [0.15, 0.2) is 27.5 Å². The molecule has 2 heterocycles. The molecule has 1 aliphatic heterocycles. The average Bonchev–Trinajstić information content (AvgIpc) is 3.02. The maximum absolute atomic E-state index is 13.2. The standard InChI is InChI=1S/C20H25N3O5S/c1-4-28-20(26)15-9-8-14(18(24)16-12-21-23(3)19(16)25)13(2)17(15)22-29(27)10-6-5-7-11-29/h8-9,12,21H,4-7,10-11H2,1-3H3. The molecule has 0 saturated carbocycles. The Morgan fingerprint density at radius 2 is 1.83 bits per heavy atom. The minimum atomic E-state index is -2.51. The number of nitrogens with zero attached hydrogens (tertiary/aromatic N) is 2. The molecular formula is C20H25N3O5S. The number of rotatable bonds is 5. The van der Waals surface area contributed by atoms with Crippen LogP contribution in [0.1, 0.15) is 58.0 Å². The topological polar surface area (TPSA) is 111 Å². The molecule has 9 heteroatoms. The van der Waals surface area contributed by atoms with E-state index < -0.39 is 27.0 Å². The molecule has 1 N–H and O–H groups in total. The number of H-pyrrole nitrogens is 1. The largest absolute Gasteiger partial charge is 0.462 e. The van der Waals surface area contributed by atoms with Gasteiger partial charge in [-0.15, -0.1) is 0 Å². The van der Waals surface area contributed by atoms with Gasteiger partial charge in [0, 0.05) is 30.3 Å². The van der Waals surface area contributed by atoms with Crippen LogP contribution in [0.25, 0.3) is 0 Å². The fourth-order valence-electron chi connectivity index (χ4n) is 3.40. The normalized spacial score (nSPS) is 15.7. The van der Waals surface area contributed by atoms with Gasteiger partial charge in [-0.05, 0) is 44.4 Å². The van der Waals surface area contributed by atoms with Crippen molar-refractivity contribution >= 4 is 27.2 Å². The van der Waals surface area contributed by atoms with Gasteiger partial charge in [0.2, 0.25) is 5.78 Å². The van der Waals surface area contributed by atoms with E-state index in [0.717, 1.165) is 19.3 Å². The number of aryl methyl sites for hydroxylation is 1. The lowest BCUT2D eigenvalue weighted by Gasteiger charge is -2.18. The minimum absolute atomic E-state index is 0.00714. The zero-order chi connectivity index (χ0) is 21.2. The van der Waals surface area contributed by atoms with Crippen LogP contribution in [-0.4, -0.2) is 43.9 Å². The Bertz CT molecular complexity index is 1120. The van der Waals surface area contributed by atoms with E-state index in [1.165, 1.54) is 30.1 Å². The maximum atomic E-state index is 13.2. The molecule has 1 saturated heterocycles. The molecule has 8 nitrogen and oxygen atoms in total. The highest BCUT2D eigenvalue weighted by atomic mass is 32.2. The Labute approximate surface area is 169 Å². The van der Waals surface area contributed by atoms with Crippen molar-refractivity contribution in [3.05, 3.63) is 50.9 Å².